The van der Waals surface area contributed by atoms with E-state index in [0.29, 0.717) is 12.1 Å². The SMILES string of the molecule is CCNC(C)CCN(C)CC1CCCO1. The van der Waals surface area contributed by atoms with Gasteiger partial charge in [-0.15, -0.1) is 0 Å². The third-order valence-corrected chi connectivity index (χ3v) is 3.04. The minimum atomic E-state index is 0.490. The number of ether oxygens (including phenoxy) is 1. The van der Waals surface area contributed by atoms with Crippen LogP contribution in [0, 0.1) is 0 Å². The van der Waals surface area contributed by atoms with Crippen LogP contribution in [0.5, 0.6) is 0 Å². The van der Waals surface area contributed by atoms with E-state index >= 15 is 0 Å². The Balaban J connectivity index is 2.04. The zero-order chi connectivity index (χ0) is 11.1. The molecule has 3 nitrogen and oxygen atoms in total. The second-order valence-electron chi connectivity index (χ2n) is 4.64. The van der Waals surface area contributed by atoms with Crippen LogP contribution in [0.3, 0.4) is 0 Å². The molecule has 0 saturated carbocycles. The lowest BCUT2D eigenvalue weighted by molar-refractivity contribution is 0.0802. The van der Waals surface area contributed by atoms with Crippen molar-refractivity contribution in [3.63, 3.8) is 0 Å². The third-order valence-electron chi connectivity index (χ3n) is 3.04. The molecule has 2 atom stereocenters. The first kappa shape index (κ1) is 12.9. The molecule has 1 fully saturated rings. The van der Waals surface area contributed by atoms with E-state index in [2.05, 4.69) is 31.1 Å². The molecule has 90 valence electrons. The molecule has 3 heteroatoms. The number of hydrogen-bond donors (Lipinski definition) is 1. The molecule has 1 aliphatic rings. The number of nitrogens with zero attached hydrogens (tertiary/aromatic N) is 1. The predicted octanol–water partition coefficient (Wildman–Crippen LogP) is 1.49. The highest BCUT2D eigenvalue weighted by Gasteiger charge is 2.17. The topological polar surface area (TPSA) is 24.5 Å². The lowest BCUT2D eigenvalue weighted by Crippen LogP contribution is -2.34. The molecule has 1 saturated heterocycles. The van der Waals surface area contributed by atoms with Crippen LogP contribution >= 0.6 is 0 Å². The van der Waals surface area contributed by atoms with E-state index in [9.17, 15) is 0 Å². The number of nitrogens with one attached hydrogen (secondary N) is 1. The van der Waals surface area contributed by atoms with E-state index < -0.39 is 0 Å². The Labute approximate surface area is 94.2 Å². The van der Waals surface area contributed by atoms with Gasteiger partial charge < -0.3 is 15.0 Å². The van der Waals surface area contributed by atoms with Crippen molar-refractivity contribution in [3.8, 4) is 0 Å². The van der Waals surface area contributed by atoms with Crippen molar-refractivity contribution < 1.29 is 4.74 Å². The summed E-state index contributed by atoms with van der Waals surface area (Å²) in [7, 11) is 2.19. The first-order chi connectivity index (χ1) is 7.22. The first-order valence-corrected chi connectivity index (χ1v) is 6.26. The van der Waals surface area contributed by atoms with Gasteiger partial charge in [0.15, 0.2) is 0 Å². The van der Waals surface area contributed by atoms with Crippen LogP contribution in [-0.4, -0.2) is 50.3 Å². The van der Waals surface area contributed by atoms with Crippen molar-refractivity contribution in [1.29, 1.82) is 0 Å². The highest BCUT2D eigenvalue weighted by molar-refractivity contribution is 4.70. The van der Waals surface area contributed by atoms with Gasteiger partial charge in [0, 0.05) is 19.2 Å². The van der Waals surface area contributed by atoms with Gasteiger partial charge in [0.05, 0.1) is 6.10 Å². The van der Waals surface area contributed by atoms with Gasteiger partial charge in [-0.1, -0.05) is 6.92 Å². The molecule has 0 aromatic rings. The molecule has 2 unspecified atom stereocenters. The van der Waals surface area contributed by atoms with Gasteiger partial charge in [0.2, 0.25) is 0 Å². The normalized spacial score (nSPS) is 23.6. The molecule has 0 spiro atoms. The summed E-state index contributed by atoms with van der Waals surface area (Å²) in [6.45, 7) is 8.70. The Morgan fingerprint density at radius 3 is 2.93 bits per heavy atom. The van der Waals surface area contributed by atoms with Crippen LogP contribution in [0.25, 0.3) is 0 Å². The molecular formula is C12H26N2O. The van der Waals surface area contributed by atoms with Crippen LogP contribution in [0.4, 0.5) is 0 Å². The number of hydrogen-bond acceptors (Lipinski definition) is 3. The fraction of sp³-hybridized carbons (Fsp3) is 1.00. The maximum atomic E-state index is 5.62. The quantitative estimate of drug-likeness (QED) is 0.695. The molecule has 1 rings (SSSR count). The average molecular weight is 214 g/mol. The largest absolute Gasteiger partial charge is 0.377 e. The van der Waals surface area contributed by atoms with Gasteiger partial charge in [0.25, 0.3) is 0 Å². The molecule has 0 radical (unpaired) electrons. The highest BCUT2D eigenvalue weighted by Crippen LogP contribution is 2.12. The Morgan fingerprint density at radius 1 is 1.53 bits per heavy atom. The van der Waals surface area contributed by atoms with Crippen LogP contribution in [0.15, 0.2) is 0 Å². The molecule has 1 heterocycles. The molecule has 0 aromatic heterocycles. The minimum absolute atomic E-state index is 0.490. The van der Waals surface area contributed by atoms with Crippen molar-refractivity contribution >= 4 is 0 Å². The van der Waals surface area contributed by atoms with Crippen LogP contribution in [0.2, 0.25) is 0 Å². The van der Waals surface area contributed by atoms with Crippen molar-refractivity contribution in [2.45, 2.75) is 45.3 Å². The van der Waals surface area contributed by atoms with Crippen molar-refractivity contribution in [3.05, 3.63) is 0 Å². The Morgan fingerprint density at radius 2 is 2.33 bits per heavy atom. The van der Waals surface area contributed by atoms with E-state index in [4.69, 9.17) is 4.74 Å². The molecule has 15 heavy (non-hydrogen) atoms. The summed E-state index contributed by atoms with van der Waals surface area (Å²) < 4.78 is 5.62. The zero-order valence-corrected chi connectivity index (χ0v) is 10.5. The number of rotatable bonds is 7. The van der Waals surface area contributed by atoms with Gasteiger partial charge in [-0.25, -0.2) is 0 Å². The monoisotopic (exact) mass is 214 g/mol. The van der Waals surface area contributed by atoms with E-state index in [0.717, 1.165) is 26.2 Å². The summed E-state index contributed by atoms with van der Waals surface area (Å²) in [5.74, 6) is 0. The maximum Gasteiger partial charge on any atom is 0.0702 e. The summed E-state index contributed by atoms with van der Waals surface area (Å²) >= 11 is 0. The summed E-state index contributed by atoms with van der Waals surface area (Å²) in [6, 6.07) is 0.627. The molecule has 1 aliphatic heterocycles. The molecule has 0 aliphatic carbocycles. The van der Waals surface area contributed by atoms with Gasteiger partial charge in [-0.2, -0.15) is 0 Å². The summed E-state index contributed by atoms with van der Waals surface area (Å²) in [6.07, 6.45) is 4.20. The Bertz CT molecular complexity index is 158. The second-order valence-corrected chi connectivity index (χ2v) is 4.64. The maximum absolute atomic E-state index is 5.62. The lowest BCUT2D eigenvalue weighted by Gasteiger charge is -2.22. The smallest absolute Gasteiger partial charge is 0.0702 e. The molecule has 0 aromatic carbocycles. The van der Waals surface area contributed by atoms with Crippen LogP contribution in [-0.2, 0) is 4.74 Å². The van der Waals surface area contributed by atoms with E-state index in [1.807, 2.05) is 0 Å². The van der Waals surface area contributed by atoms with E-state index in [1.54, 1.807) is 0 Å². The van der Waals surface area contributed by atoms with Crippen LogP contribution < -0.4 is 5.32 Å². The standard InChI is InChI=1S/C12H26N2O/c1-4-13-11(2)7-8-14(3)10-12-6-5-9-15-12/h11-13H,4-10H2,1-3H3. The van der Waals surface area contributed by atoms with Gasteiger partial charge in [-0.05, 0) is 46.3 Å². The van der Waals surface area contributed by atoms with Crippen molar-refractivity contribution in [1.82, 2.24) is 10.2 Å². The first-order valence-electron chi connectivity index (χ1n) is 6.26. The fourth-order valence-corrected chi connectivity index (χ4v) is 2.09. The van der Waals surface area contributed by atoms with Crippen molar-refractivity contribution in [2.24, 2.45) is 0 Å². The fourth-order valence-electron chi connectivity index (χ4n) is 2.09. The third kappa shape index (κ3) is 5.50. The van der Waals surface area contributed by atoms with Gasteiger partial charge >= 0.3 is 0 Å². The molecule has 0 amide bonds. The zero-order valence-electron chi connectivity index (χ0n) is 10.5. The van der Waals surface area contributed by atoms with E-state index in [-0.39, 0.29) is 0 Å². The lowest BCUT2D eigenvalue weighted by atomic mass is 10.2. The predicted molar refractivity (Wildman–Crippen MR) is 64.2 cm³/mol. The summed E-state index contributed by atoms with van der Waals surface area (Å²) in [5, 5.41) is 3.44. The van der Waals surface area contributed by atoms with Crippen molar-refractivity contribution in [2.75, 3.05) is 33.3 Å². The Kier molecular flexibility index (Phi) is 6.22. The second kappa shape index (κ2) is 7.20. The molecule has 1 N–H and O–H groups in total. The Hall–Kier alpha value is -0.120. The summed E-state index contributed by atoms with van der Waals surface area (Å²) in [4.78, 5) is 2.39. The highest BCUT2D eigenvalue weighted by atomic mass is 16.5. The van der Waals surface area contributed by atoms with Gasteiger partial charge in [0.1, 0.15) is 0 Å². The molecule has 0 bridgehead atoms. The van der Waals surface area contributed by atoms with Crippen LogP contribution in [0.1, 0.15) is 33.1 Å². The van der Waals surface area contributed by atoms with Gasteiger partial charge in [-0.3, -0.25) is 0 Å². The van der Waals surface area contributed by atoms with E-state index in [1.165, 1.54) is 19.3 Å². The average Bonchev–Trinajstić information content (AvgIpc) is 2.68. The summed E-state index contributed by atoms with van der Waals surface area (Å²) in [5.41, 5.74) is 0. The minimum Gasteiger partial charge on any atom is -0.377 e. The number of likely N-dealkylation sites (N-methyl/N-ethyl adjacent to an activating group) is 1. The molecular weight excluding hydrogens is 188 g/mol.